The molecule has 1 spiro atoms. The third-order valence-electron chi connectivity index (χ3n) is 7.01. The van der Waals surface area contributed by atoms with E-state index in [0.29, 0.717) is 11.5 Å². The summed E-state index contributed by atoms with van der Waals surface area (Å²) in [6.07, 6.45) is 0.568. The van der Waals surface area contributed by atoms with Gasteiger partial charge in [0.1, 0.15) is 5.75 Å². The Labute approximate surface area is 162 Å². The fourth-order valence-corrected chi connectivity index (χ4v) is 5.98. The third kappa shape index (κ3) is 3.38. The molecule has 28 heavy (non-hydrogen) atoms. The minimum Gasteiger partial charge on any atom is -0.406 e. The van der Waals surface area contributed by atoms with Gasteiger partial charge in [-0.2, -0.15) is 0 Å². The van der Waals surface area contributed by atoms with Gasteiger partial charge in [0.05, 0.1) is 5.60 Å². The van der Waals surface area contributed by atoms with Gasteiger partial charge in [-0.15, -0.1) is 13.2 Å². The van der Waals surface area contributed by atoms with E-state index in [0.717, 1.165) is 50.6 Å². The predicted molar refractivity (Wildman–Crippen MR) is 96.8 cm³/mol. The fraction of sp³-hybridized carbons (Fsp3) is 0.667. The zero-order valence-electron chi connectivity index (χ0n) is 16.1. The molecule has 0 bridgehead atoms. The van der Waals surface area contributed by atoms with Crippen LogP contribution in [0.2, 0.25) is 0 Å². The summed E-state index contributed by atoms with van der Waals surface area (Å²) >= 11 is 0. The highest BCUT2D eigenvalue weighted by molar-refractivity contribution is 5.52. The average molecular weight is 397 g/mol. The van der Waals surface area contributed by atoms with Crippen molar-refractivity contribution in [2.45, 2.75) is 69.9 Å². The lowest BCUT2D eigenvalue weighted by Crippen LogP contribution is -2.69. The molecule has 1 saturated heterocycles. The van der Waals surface area contributed by atoms with Crippen LogP contribution in [-0.4, -0.2) is 41.0 Å². The molecule has 4 nitrogen and oxygen atoms in total. The molecule has 2 aliphatic carbocycles. The smallest absolute Gasteiger partial charge is 0.406 e. The molecule has 4 rings (SSSR count). The number of carbonyl (C=O) groups excluding carboxylic acids is 1. The molecule has 3 atom stereocenters. The highest BCUT2D eigenvalue weighted by Crippen LogP contribution is 2.60. The highest BCUT2D eigenvalue weighted by atomic mass is 19.4. The van der Waals surface area contributed by atoms with Gasteiger partial charge in [-0.3, -0.25) is 4.79 Å². The number of hydrogen-bond donors (Lipinski definition) is 1. The van der Waals surface area contributed by atoms with E-state index in [4.69, 9.17) is 0 Å². The van der Waals surface area contributed by atoms with Crippen LogP contribution >= 0.6 is 0 Å². The average Bonchev–Trinajstić information content (AvgIpc) is 2.99. The first-order valence-corrected chi connectivity index (χ1v) is 9.82. The summed E-state index contributed by atoms with van der Waals surface area (Å²) in [6, 6.07) is 5.10. The second-order valence-corrected chi connectivity index (χ2v) is 9.26. The summed E-state index contributed by atoms with van der Waals surface area (Å²) in [5.41, 5.74) is 0.958. The molecular weight excluding hydrogens is 371 g/mol. The van der Waals surface area contributed by atoms with Crippen molar-refractivity contribution in [2.75, 3.05) is 6.54 Å². The molecule has 1 N–H and O–H groups in total. The van der Waals surface area contributed by atoms with E-state index in [-0.39, 0.29) is 23.1 Å². The zero-order chi connectivity index (χ0) is 20.3. The van der Waals surface area contributed by atoms with Crippen molar-refractivity contribution in [3.8, 4) is 5.75 Å². The van der Waals surface area contributed by atoms with Gasteiger partial charge in [-0.05, 0) is 75.0 Å². The van der Waals surface area contributed by atoms with Crippen molar-refractivity contribution in [3.63, 3.8) is 0 Å². The lowest BCUT2D eigenvalue weighted by Gasteiger charge is -2.62. The van der Waals surface area contributed by atoms with E-state index >= 15 is 0 Å². The molecule has 1 aromatic carbocycles. The van der Waals surface area contributed by atoms with E-state index < -0.39 is 12.0 Å². The lowest BCUT2D eigenvalue weighted by atomic mass is 9.56. The molecular formula is C21H26F3NO3. The van der Waals surface area contributed by atoms with E-state index in [1.54, 1.807) is 19.1 Å². The summed E-state index contributed by atoms with van der Waals surface area (Å²) < 4.78 is 41.5. The van der Waals surface area contributed by atoms with Gasteiger partial charge in [0.2, 0.25) is 6.41 Å². The Balaban J connectivity index is 1.48. The first kappa shape index (κ1) is 19.6. The van der Waals surface area contributed by atoms with Crippen molar-refractivity contribution in [3.05, 3.63) is 29.3 Å². The Kier molecular flexibility index (Phi) is 4.45. The summed E-state index contributed by atoms with van der Waals surface area (Å²) in [5, 5.41) is 10.1. The molecule has 7 heteroatoms. The van der Waals surface area contributed by atoms with Crippen LogP contribution in [0.3, 0.4) is 0 Å². The SMILES string of the molecule is Cc1cc(C2CCC3(C2)CN(C=O)[C@H]3C2CC(C)(O)C2)ccc1OC(F)(F)F. The molecule has 3 aliphatic rings. The van der Waals surface area contributed by atoms with Gasteiger partial charge >= 0.3 is 6.36 Å². The van der Waals surface area contributed by atoms with Crippen molar-refractivity contribution in [2.24, 2.45) is 11.3 Å². The number of amides is 1. The number of alkyl halides is 3. The fourth-order valence-electron chi connectivity index (χ4n) is 5.98. The summed E-state index contributed by atoms with van der Waals surface area (Å²) in [4.78, 5) is 13.3. The monoisotopic (exact) mass is 397 g/mol. The number of carbonyl (C=O) groups is 1. The standard InChI is InChI=1S/C21H26F3NO3/c1-13-7-14(3-4-17(13)28-21(22,23)24)15-5-6-20(10-15)11-25(12-26)18(20)16-8-19(2,27)9-16/h3-4,7,12,15-16,18,27H,5-6,8-11H2,1-2H3/t15?,16?,18-,19?,20?/m0/s1. The minimum absolute atomic E-state index is 0.0712. The Morgan fingerprint density at radius 2 is 2.00 bits per heavy atom. The van der Waals surface area contributed by atoms with Crippen LogP contribution in [0, 0.1) is 18.3 Å². The molecule has 1 amide bonds. The van der Waals surface area contributed by atoms with Crippen molar-refractivity contribution in [1.82, 2.24) is 4.90 Å². The summed E-state index contributed by atoms with van der Waals surface area (Å²) in [6.45, 7) is 4.21. The molecule has 0 radical (unpaired) electrons. The van der Waals surface area contributed by atoms with Gasteiger partial charge in [0, 0.05) is 18.0 Å². The number of rotatable bonds is 4. The number of hydrogen-bond acceptors (Lipinski definition) is 3. The predicted octanol–water partition coefficient (Wildman–Crippen LogP) is 4.15. The number of benzene rings is 1. The molecule has 154 valence electrons. The molecule has 1 aromatic rings. The second kappa shape index (κ2) is 6.37. The normalized spacial score (nSPS) is 37.5. The maximum Gasteiger partial charge on any atom is 0.573 e. The van der Waals surface area contributed by atoms with Crippen LogP contribution in [0.15, 0.2) is 18.2 Å². The Hall–Kier alpha value is -1.76. The minimum atomic E-state index is -4.69. The van der Waals surface area contributed by atoms with Gasteiger partial charge in [0.15, 0.2) is 0 Å². The maximum absolute atomic E-state index is 12.5. The lowest BCUT2D eigenvalue weighted by molar-refractivity contribution is -0.274. The number of halogens is 3. The van der Waals surface area contributed by atoms with Crippen LogP contribution in [0.4, 0.5) is 13.2 Å². The molecule has 2 saturated carbocycles. The van der Waals surface area contributed by atoms with Gasteiger partial charge in [-0.25, -0.2) is 0 Å². The second-order valence-electron chi connectivity index (χ2n) is 9.26. The molecule has 3 fully saturated rings. The van der Waals surface area contributed by atoms with E-state index in [9.17, 15) is 23.1 Å². The van der Waals surface area contributed by atoms with Crippen LogP contribution in [0.25, 0.3) is 0 Å². The van der Waals surface area contributed by atoms with Gasteiger partial charge in [-0.1, -0.05) is 12.1 Å². The van der Waals surface area contributed by atoms with Gasteiger partial charge < -0.3 is 14.7 Å². The van der Waals surface area contributed by atoms with Gasteiger partial charge in [0.25, 0.3) is 0 Å². The number of likely N-dealkylation sites (tertiary alicyclic amines) is 1. The zero-order valence-corrected chi connectivity index (χ0v) is 16.1. The van der Waals surface area contributed by atoms with Crippen LogP contribution in [0.5, 0.6) is 5.75 Å². The molecule has 2 unspecified atom stereocenters. The first-order chi connectivity index (χ1) is 13.0. The Morgan fingerprint density at radius 1 is 1.29 bits per heavy atom. The number of nitrogens with zero attached hydrogens (tertiary/aromatic N) is 1. The van der Waals surface area contributed by atoms with Crippen molar-refractivity contribution >= 4 is 6.41 Å². The summed E-state index contributed by atoms with van der Waals surface area (Å²) in [5.74, 6) is 0.446. The highest BCUT2D eigenvalue weighted by Gasteiger charge is 2.61. The van der Waals surface area contributed by atoms with E-state index in [2.05, 4.69) is 4.74 Å². The van der Waals surface area contributed by atoms with E-state index in [1.807, 2.05) is 11.8 Å². The summed E-state index contributed by atoms with van der Waals surface area (Å²) in [7, 11) is 0. The molecule has 1 heterocycles. The first-order valence-electron chi connectivity index (χ1n) is 9.82. The van der Waals surface area contributed by atoms with E-state index in [1.165, 1.54) is 6.07 Å². The quantitative estimate of drug-likeness (QED) is 0.777. The van der Waals surface area contributed by atoms with Crippen LogP contribution in [-0.2, 0) is 4.79 Å². The van der Waals surface area contributed by atoms with Crippen LogP contribution < -0.4 is 4.74 Å². The molecule has 1 aliphatic heterocycles. The number of aryl methyl sites for hydroxylation is 1. The number of ether oxygens (including phenoxy) is 1. The van der Waals surface area contributed by atoms with Crippen molar-refractivity contribution < 1.29 is 27.8 Å². The maximum atomic E-state index is 12.5. The largest absolute Gasteiger partial charge is 0.573 e. The Morgan fingerprint density at radius 3 is 2.57 bits per heavy atom. The topological polar surface area (TPSA) is 49.8 Å². The third-order valence-corrected chi connectivity index (χ3v) is 7.01. The van der Waals surface area contributed by atoms with Crippen LogP contribution in [0.1, 0.15) is 56.1 Å². The molecule has 0 aromatic heterocycles. The number of aliphatic hydroxyl groups is 1. The Bertz CT molecular complexity index is 771. The van der Waals surface area contributed by atoms with Crippen molar-refractivity contribution in [1.29, 1.82) is 0 Å².